The highest BCUT2D eigenvalue weighted by Crippen LogP contribution is 2.33. The maximum atomic E-state index is 13.1. The number of rotatable bonds is 7. The predicted molar refractivity (Wildman–Crippen MR) is 130 cm³/mol. The number of halogens is 3. The molecular formula is C27H21F3N2O5. The lowest BCUT2D eigenvalue weighted by atomic mass is 10.1. The van der Waals surface area contributed by atoms with Crippen molar-refractivity contribution in [1.82, 2.24) is 4.57 Å². The van der Waals surface area contributed by atoms with Gasteiger partial charge in [-0.15, -0.1) is 13.2 Å². The van der Waals surface area contributed by atoms with Crippen LogP contribution in [0.25, 0.3) is 10.8 Å². The topological polar surface area (TPSA) is 78.8 Å². The summed E-state index contributed by atoms with van der Waals surface area (Å²) in [5, 5.41) is 3.88. The van der Waals surface area contributed by atoms with E-state index in [-0.39, 0.29) is 37.0 Å². The second-order valence-corrected chi connectivity index (χ2v) is 8.44. The van der Waals surface area contributed by atoms with Crippen molar-refractivity contribution in [1.29, 1.82) is 0 Å². The molecule has 10 heteroatoms. The smallest absolute Gasteiger partial charge is 0.454 e. The van der Waals surface area contributed by atoms with Crippen LogP contribution in [0, 0.1) is 0 Å². The molecule has 0 aliphatic carbocycles. The van der Waals surface area contributed by atoms with E-state index >= 15 is 0 Å². The molecule has 3 aromatic carbocycles. The van der Waals surface area contributed by atoms with Crippen LogP contribution in [0.4, 0.5) is 18.9 Å². The Morgan fingerprint density at radius 3 is 2.49 bits per heavy atom. The minimum Gasteiger partial charge on any atom is -0.454 e. The largest absolute Gasteiger partial charge is 0.573 e. The summed E-state index contributed by atoms with van der Waals surface area (Å²) in [7, 11) is 0. The maximum Gasteiger partial charge on any atom is 0.573 e. The van der Waals surface area contributed by atoms with Gasteiger partial charge >= 0.3 is 6.36 Å². The first-order valence-electron chi connectivity index (χ1n) is 11.4. The van der Waals surface area contributed by atoms with Crippen molar-refractivity contribution in [2.45, 2.75) is 25.7 Å². The first-order valence-corrected chi connectivity index (χ1v) is 11.4. The lowest BCUT2D eigenvalue weighted by molar-refractivity contribution is -0.274. The molecule has 190 valence electrons. The van der Waals surface area contributed by atoms with Crippen LogP contribution >= 0.6 is 0 Å². The zero-order chi connectivity index (χ0) is 26.0. The second kappa shape index (κ2) is 9.88. The molecule has 1 amide bonds. The van der Waals surface area contributed by atoms with Crippen LogP contribution < -0.4 is 25.1 Å². The molecule has 0 atom stereocenters. The van der Waals surface area contributed by atoms with Crippen LogP contribution in [0.5, 0.6) is 17.2 Å². The maximum absolute atomic E-state index is 13.1. The van der Waals surface area contributed by atoms with E-state index in [1.807, 2.05) is 18.2 Å². The highest BCUT2D eigenvalue weighted by molar-refractivity contribution is 6.01. The molecule has 1 aliphatic rings. The van der Waals surface area contributed by atoms with Gasteiger partial charge in [-0.25, -0.2) is 0 Å². The van der Waals surface area contributed by atoms with Crippen molar-refractivity contribution in [2.24, 2.45) is 0 Å². The number of carbonyl (C=O) groups excluding carboxylic acids is 1. The summed E-state index contributed by atoms with van der Waals surface area (Å²) in [5.74, 6) is 0.812. The highest BCUT2D eigenvalue weighted by Gasteiger charge is 2.31. The minimum atomic E-state index is -4.77. The summed E-state index contributed by atoms with van der Waals surface area (Å²) >= 11 is 0. The van der Waals surface area contributed by atoms with Crippen LogP contribution in [0.15, 0.2) is 77.7 Å². The summed E-state index contributed by atoms with van der Waals surface area (Å²) < 4.78 is 53.1. The summed E-state index contributed by atoms with van der Waals surface area (Å²) in [6.45, 7) is 0.346. The standard InChI is InChI=1S/C27H21F3N2O5/c28-27(29,30)37-19-8-4-18(5-9-19)15-32-13-12-20-21(26(32)34)2-1-3-22(20)31-25(33)11-7-17-6-10-23-24(14-17)36-16-35-23/h1-6,8-10,12-14H,7,11,15-16H2,(H,31,33). The van der Waals surface area contributed by atoms with Crippen LogP contribution in [-0.2, 0) is 17.8 Å². The molecule has 4 aromatic rings. The molecule has 1 aromatic heterocycles. The average molecular weight is 510 g/mol. The van der Waals surface area contributed by atoms with Gasteiger partial charge in [-0.1, -0.05) is 24.3 Å². The van der Waals surface area contributed by atoms with E-state index in [9.17, 15) is 22.8 Å². The number of alkyl halides is 3. The summed E-state index contributed by atoms with van der Waals surface area (Å²) in [6.07, 6.45) is -2.43. The minimum absolute atomic E-state index is 0.160. The number of fused-ring (bicyclic) bond motifs is 2. The van der Waals surface area contributed by atoms with Gasteiger partial charge in [0.1, 0.15) is 5.75 Å². The van der Waals surface area contributed by atoms with E-state index < -0.39 is 6.36 Å². The first kappa shape index (κ1) is 24.2. The van der Waals surface area contributed by atoms with Crippen molar-refractivity contribution in [3.63, 3.8) is 0 Å². The van der Waals surface area contributed by atoms with Gasteiger partial charge in [-0.3, -0.25) is 9.59 Å². The van der Waals surface area contributed by atoms with Gasteiger partial charge in [0.25, 0.3) is 5.56 Å². The Balaban J connectivity index is 1.27. The monoisotopic (exact) mass is 510 g/mol. The van der Waals surface area contributed by atoms with Crippen molar-refractivity contribution in [3.8, 4) is 17.2 Å². The van der Waals surface area contributed by atoms with Crippen LogP contribution in [0.2, 0.25) is 0 Å². The van der Waals surface area contributed by atoms with Gasteiger partial charge in [0, 0.05) is 29.1 Å². The van der Waals surface area contributed by atoms with E-state index in [1.54, 1.807) is 30.5 Å². The molecule has 0 bridgehead atoms. The van der Waals surface area contributed by atoms with Crippen molar-refractivity contribution < 1.29 is 32.2 Å². The fourth-order valence-corrected chi connectivity index (χ4v) is 4.11. The molecule has 0 radical (unpaired) electrons. The molecule has 7 nitrogen and oxygen atoms in total. The Kier molecular flexibility index (Phi) is 6.47. The molecule has 0 unspecified atom stereocenters. The van der Waals surface area contributed by atoms with Crippen molar-refractivity contribution in [3.05, 3.63) is 94.4 Å². The third-order valence-corrected chi connectivity index (χ3v) is 5.88. The van der Waals surface area contributed by atoms with E-state index in [0.717, 1.165) is 5.56 Å². The summed E-state index contributed by atoms with van der Waals surface area (Å²) in [5.41, 5.74) is 1.80. The zero-order valence-corrected chi connectivity index (χ0v) is 19.4. The lowest BCUT2D eigenvalue weighted by Crippen LogP contribution is -2.21. The van der Waals surface area contributed by atoms with E-state index in [4.69, 9.17) is 9.47 Å². The molecule has 1 aliphatic heterocycles. The van der Waals surface area contributed by atoms with Crippen LogP contribution in [0.1, 0.15) is 17.5 Å². The highest BCUT2D eigenvalue weighted by atomic mass is 19.4. The SMILES string of the molecule is O=C(CCc1ccc2c(c1)OCO2)Nc1cccc2c(=O)n(Cc3ccc(OC(F)(F)F)cc3)ccc12. The molecule has 2 heterocycles. The number of benzene rings is 3. The fraction of sp³-hybridized carbons (Fsp3) is 0.185. The van der Waals surface area contributed by atoms with E-state index in [1.165, 1.54) is 28.8 Å². The van der Waals surface area contributed by atoms with Gasteiger partial charge in [-0.2, -0.15) is 0 Å². The molecule has 0 spiro atoms. The van der Waals surface area contributed by atoms with E-state index in [2.05, 4.69) is 10.1 Å². The Labute approximate surface area is 209 Å². The van der Waals surface area contributed by atoms with E-state index in [0.29, 0.717) is 39.9 Å². The number of hydrogen-bond donors (Lipinski definition) is 1. The third-order valence-electron chi connectivity index (χ3n) is 5.88. The summed E-state index contributed by atoms with van der Waals surface area (Å²) in [6, 6.07) is 17.7. The number of hydrogen-bond acceptors (Lipinski definition) is 5. The number of pyridine rings is 1. The number of ether oxygens (including phenoxy) is 3. The average Bonchev–Trinajstić information content (AvgIpc) is 3.33. The Morgan fingerprint density at radius 1 is 0.946 bits per heavy atom. The molecular weight excluding hydrogens is 489 g/mol. The van der Waals surface area contributed by atoms with Gasteiger partial charge in [0.2, 0.25) is 12.7 Å². The number of aromatic nitrogens is 1. The van der Waals surface area contributed by atoms with Crippen molar-refractivity contribution >= 4 is 22.4 Å². The normalized spacial score (nSPS) is 12.5. The van der Waals surface area contributed by atoms with Gasteiger partial charge in [0.15, 0.2) is 11.5 Å². The number of nitrogens with one attached hydrogen (secondary N) is 1. The fourth-order valence-electron chi connectivity index (χ4n) is 4.11. The Hall–Kier alpha value is -4.47. The molecule has 1 N–H and O–H groups in total. The van der Waals surface area contributed by atoms with Gasteiger partial charge in [0.05, 0.1) is 6.54 Å². The van der Waals surface area contributed by atoms with Crippen molar-refractivity contribution in [2.75, 3.05) is 12.1 Å². The Morgan fingerprint density at radius 2 is 1.70 bits per heavy atom. The number of aryl methyl sites for hydroxylation is 1. The Bertz CT molecular complexity index is 1510. The predicted octanol–water partition coefficient (Wildman–Crippen LogP) is 5.25. The number of nitrogens with zero attached hydrogens (tertiary/aromatic N) is 1. The van der Waals surface area contributed by atoms with Gasteiger partial charge in [-0.05, 0) is 60.0 Å². The van der Waals surface area contributed by atoms with Gasteiger partial charge < -0.3 is 24.1 Å². The molecule has 5 rings (SSSR count). The molecule has 0 saturated heterocycles. The quantitative estimate of drug-likeness (QED) is 0.368. The number of amides is 1. The molecule has 0 saturated carbocycles. The summed E-state index contributed by atoms with van der Waals surface area (Å²) in [4.78, 5) is 25.7. The number of carbonyl (C=O) groups is 1. The first-order chi connectivity index (χ1) is 17.7. The third kappa shape index (κ3) is 5.69. The molecule has 0 fully saturated rings. The number of anilines is 1. The zero-order valence-electron chi connectivity index (χ0n) is 19.4. The lowest BCUT2D eigenvalue weighted by Gasteiger charge is -2.12. The second-order valence-electron chi connectivity index (χ2n) is 8.44. The van der Waals surface area contributed by atoms with Crippen LogP contribution in [0.3, 0.4) is 0 Å². The molecule has 37 heavy (non-hydrogen) atoms. The van der Waals surface area contributed by atoms with Crippen LogP contribution in [-0.4, -0.2) is 23.6 Å².